The van der Waals surface area contributed by atoms with Crippen molar-refractivity contribution in [1.82, 2.24) is 15.0 Å². The molecule has 0 fully saturated rings. The Labute approximate surface area is 437 Å². The van der Waals surface area contributed by atoms with Crippen molar-refractivity contribution in [3.8, 4) is 78.7 Å². The van der Waals surface area contributed by atoms with Crippen LogP contribution in [0.4, 0.5) is 0 Å². The van der Waals surface area contributed by atoms with Crippen LogP contribution in [0.25, 0.3) is 121 Å². The molecule has 0 unspecified atom stereocenters. The van der Waals surface area contributed by atoms with Crippen molar-refractivity contribution < 1.29 is 4.42 Å². The molecule has 3 heterocycles. The summed E-state index contributed by atoms with van der Waals surface area (Å²) in [5.74, 6) is 1.80. The second-order valence-corrected chi connectivity index (χ2v) is 20.5. The van der Waals surface area contributed by atoms with Crippen molar-refractivity contribution >= 4 is 53.4 Å². The molecule has 1 aliphatic rings. The highest BCUT2D eigenvalue weighted by molar-refractivity contribution is 7.25. The molecule has 0 N–H and O–H groups in total. The van der Waals surface area contributed by atoms with E-state index in [1.54, 1.807) is 11.3 Å². The van der Waals surface area contributed by atoms with Gasteiger partial charge in [0.25, 0.3) is 0 Å². The maximum atomic E-state index is 6.67. The first-order chi connectivity index (χ1) is 37.2. The van der Waals surface area contributed by atoms with Gasteiger partial charge in [-0.25, -0.2) is 15.0 Å². The third-order valence-corrected chi connectivity index (χ3v) is 16.4. The number of rotatable bonds is 8. The van der Waals surface area contributed by atoms with Crippen LogP contribution in [0.3, 0.4) is 0 Å². The molecule has 14 aromatic rings. The first-order valence-corrected chi connectivity index (χ1v) is 26.2. The monoisotopic (exact) mass is 973 g/mol. The molecular weight excluding hydrogens is 931 g/mol. The smallest absolute Gasteiger partial charge is 0.164 e. The summed E-state index contributed by atoms with van der Waals surface area (Å²) in [5.41, 5.74) is 18.3. The summed E-state index contributed by atoms with van der Waals surface area (Å²) in [6.45, 7) is 0. The lowest BCUT2D eigenvalue weighted by Crippen LogP contribution is -2.28. The lowest BCUT2D eigenvalue weighted by atomic mass is 9.67. The van der Waals surface area contributed by atoms with Gasteiger partial charge in [-0.15, -0.1) is 11.3 Å². The van der Waals surface area contributed by atoms with E-state index in [1.807, 2.05) is 18.2 Å². The SMILES string of the molecule is c1ccc(-c2ccc(-c3nc(-c4ccc5c(c4)sc4ccccc45)nc(-c4cccc5oc6ccc(-c7cccc(-c8cccc9c8-c8ccccc8C9(c8ccccc8)c8ccccc8)c7)cc6c45)n3)cc2)cc1. The van der Waals surface area contributed by atoms with Crippen LogP contribution in [-0.4, -0.2) is 15.0 Å². The fourth-order valence-corrected chi connectivity index (χ4v) is 13.0. The first kappa shape index (κ1) is 43.1. The molecule has 0 bridgehead atoms. The quantitative estimate of drug-likeness (QED) is 0.152. The van der Waals surface area contributed by atoms with Crippen molar-refractivity contribution in [1.29, 1.82) is 0 Å². The summed E-state index contributed by atoms with van der Waals surface area (Å²) in [4.78, 5) is 15.8. The minimum Gasteiger partial charge on any atom is -0.456 e. The van der Waals surface area contributed by atoms with Crippen LogP contribution in [0.15, 0.2) is 265 Å². The summed E-state index contributed by atoms with van der Waals surface area (Å²) in [6.07, 6.45) is 0. The van der Waals surface area contributed by atoms with Crippen molar-refractivity contribution in [3.05, 3.63) is 283 Å². The molecule has 0 amide bonds. The van der Waals surface area contributed by atoms with Crippen LogP contribution in [0.5, 0.6) is 0 Å². The summed E-state index contributed by atoms with van der Waals surface area (Å²) >= 11 is 1.79. The maximum absolute atomic E-state index is 6.67. The van der Waals surface area contributed by atoms with E-state index >= 15 is 0 Å². The van der Waals surface area contributed by atoms with E-state index in [9.17, 15) is 0 Å². The largest absolute Gasteiger partial charge is 0.456 e. The Balaban J connectivity index is 0.870. The number of aromatic nitrogens is 3. The predicted octanol–water partition coefficient (Wildman–Crippen LogP) is 18.5. The van der Waals surface area contributed by atoms with Crippen LogP contribution >= 0.6 is 11.3 Å². The van der Waals surface area contributed by atoms with E-state index in [0.717, 1.165) is 66.4 Å². The molecule has 0 aliphatic heterocycles. The summed E-state index contributed by atoms with van der Waals surface area (Å²) in [7, 11) is 0. The van der Waals surface area contributed by atoms with Gasteiger partial charge in [0.2, 0.25) is 0 Å². The van der Waals surface area contributed by atoms with Crippen LogP contribution < -0.4 is 0 Å². The number of hydrogen-bond donors (Lipinski definition) is 0. The number of furan rings is 1. The van der Waals surface area contributed by atoms with Gasteiger partial charge >= 0.3 is 0 Å². The number of benzene rings is 11. The molecule has 0 saturated heterocycles. The highest BCUT2D eigenvalue weighted by Gasteiger charge is 2.46. The second kappa shape index (κ2) is 17.3. The Morgan fingerprint density at radius 3 is 1.67 bits per heavy atom. The fourth-order valence-electron chi connectivity index (χ4n) is 11.9. The third-order valence-electron chi connectivity index (χ3n) is 15.2. The van der Waals surface area contributed by atoms with E-state index in [1.165, 1.54) is 59.1 Å². The van der Waals surface area contributed by atoms with E-state index in [2.05, 4.69) is 243 Å². The van der Waals surface area contributed by atoms with E-state index in [0.29, 0.717) is 17.5 Å². The molecule has 75 heavy (non-hydrogen) atoms. The summed E-state index contributed by atoms with van der Waals surface area (Å²) in [5, 5.41) is 4.44. The maximum Gasteiger partial charge on any atom is 0.164 e. The predicted molar refractivity (Wildman–Crippen MR) is 310 cm³/mol. The van der Waals surface area contributed by atoms with E-state index in [-0.39, 0.29) is 0 Å². The standard InChI is InChI=1S/C70H43N3OS/c1-4-17-44(18-5-1)45-33-35-46(36-34-45)67-71-68(50-37-39-55-54-25-11-13-32-63(54)75-64(55)43-50)73-69(72-67)57-28-16-31-62-66(57)58-42-48(38-40-61(58)74-62)47-19-14-20-49(41-47)53-27-15-30-60-65(53)56-26-10-12-29-59(56)70(60,51-21-6-2-7-22-51)52-23-8-3-9-24-52/h1-43H. The first-order valence-electron chi connectivity index (χ1n) is 25.4. The molecule has 0 atom stereocenters. The van der Waals surface area contributed by atoms with Crippen molar-refractivity contribution in [3.63, 3.8) is 0 Å². The molecule has 1 aliphatic carbocycles. The Morgan fingerprint density at radius 2 is 0.853 bits per heavy atom. The Morgan fingerprint density at radius 1 is 0.307 bits per heavy atom. The number of nitrogens with zero attached hydrogens (tertiary/aromatic N) is 3. The van der Waals surface area contributed by atoms with Crippen molar-refractivity contribution in [2.75, 3.05) is 0 Å². The minimum absolute atomic E-state index is 0.479. The zero-order valence-electron chi connectivity index (χ0n) is 40.5. The van der Waals surface area contributed by atoms with Gasteiger partial charge in [0.1, 0.15) is 11.2 Å². The van der Waals surface area contributed by atoms with Crippen LogP contribution in [-0.2, 0) is 5.41 Å². The zero-order valence-corrected chi connectivity index (χ0v) is 41.3. The highest BCUT2D eigenvalue weighted by atomic mass is 32.1. The van der Waals surface area contributed by atoms with Gasteiger partial charge in [-0.2, -0.15) is 0 Å². The average molecular weight is 974 g/mol. The van der Waals surface area contributed by atoms with Gasteiger partial charge < -0.3 is 4.42 Å². The third kappa shape index (κ3) is 6.93. The Kier molecular flexibility index (Phi) is 9.94. The minimum atomic E-state index is -0.479. The fraction of sp³-hybridized carbons (Fsp3) is 0.0143. The van der Waals surface area contributed by atoms with Crippen molar-refractivity contribution in [2.45, 2.75) is 5.41 Å². The molecule has 0 radical (unpaired) electrons. The normalized spacial score (nSPS) is 12.6. The van der Waals surface area contributed by atoms with Gasteiger partial charge in [0, 0.05) is 47.6 Å². The van der Waals surface area contributed by atoms with Gasteiger partial charge in [-0.3, -0.25) is 0 Å². The Bertz CT molecular complexity index is 4480. The molecule has 350 valence electrons. The van der Waals surface area contributed by atoms with E-state index < -0.39 is 5.41 Å². The number of fused-ring (bicyclic) bond motifs is 9. The number of hydrogen-bond acceptors (Lipinski definition) is 5. The van der Waals surface area contributed by atoms with Gasteiger partial charge in [0.15, 0.2) is 17.5 Å². The topological polar surface area (TPSA) is 51.8 Å². The molecule has 11 aromatic carbocycles. The zero-order chi connectivity index (χ0) is 49.5. The molecule has 5 heteroatoms. The molecule has 15 rings (SSSR count). The molecule has 0 spiro atoms. The van der Waals surface area contributed by atoms with Gasteiger partial charge in [0.05, 0.1) is 5.41 Å². The lowest BCUT2D eigenvalue weighted by Gasteiger charge is -2.34. The average Bonchev–Trinajstić information content (AvgIpc) is 4.30. The van der Waals surface area contributed by atoms with Crippen LogP contribution in [0.1, 0.15) is 22.3 Å². The van der Waals surface area contributed by atoms with Crippen LogP contribution in [0, 0.1) is 0 Å². The summed E-state index contributed by atoms with van der Waals surface area (Å²) < 4.78 is 9.12. The summed E-state index contributed by atoms with van der Waals surface area (Å²) in [6, 6.07) is 93.6. The molecule has 0 saturated carbocycles. The number of thiophene rings is 1. The second-order valence-electron chi connectivity index (χ2n) is 19.4. The molecule has 4 nitrogen and oxygen atoms in total. The lowest BCUT2D eigenvalue weighted by molar-refractivity contribution is 0.669. The highest BCUT2D eigenvalue weighted by Crippen LogP contribution is 2.58. The molecule has 3 aromatic heterocycles. The van der Waals surface area contributed by atoms with Gasteiger partial charge in [-0.05, 0) is 103 Å². The van der Waals surface area contributed by atoms with E-state index in [4.69, 9.17) is 19.4 Å². The van der Waals surface area contributed by atoms with Gasteiger partial charge in [-0.1, -0.05) is 224 Å². The Hall–Kier alpha value is -9.55. The van der Waals surface area contributed by atoms with Crippen LogP contribution in [0.2, 0.25) is 0 Å². The molecular formula is C70H43N3OS. The van der Waals surface area contributed by atoms with Crippen molar-refractivity contribution in [2.24, 2.45) is 0 Å².